The Morgan fingerprint density at radius 3 is 2.81 bits per heavy atom. The van der Waals surface area contributed by atoms with E-state index in [4.69, 9.17) is 0 Å². The van der Waals surface area contributed by atoms with Gasteiger partial charge in [-0.25, -0.2) is 9.48 Å². The van der Waals surface area contributed by atoms with Gasteiger partial charge in [0.05, 0.1) is 13.3 Å². The number of aromatic nitrogens is 4. The highest BCUT2D eigenvalue weighted by molar-refractivity contribution is 5.82. The van der Waals surface area contributed by atoms with Crippen LogP contribution in [0.3, 0.4) is 0 Å². The van der Waals surface area contributed by atoms with Gasteiger partial charge in [0.2, 0.25) is 5.91 Å². The van der Waals surface area contributed by atoms with Crippen molar-refractivity contribution >= 4 is 17.8 Å². The van der Waals surface area contributed by atoms with Crippen molar-refractivity contribution in [1.82, 2.24) is 25.3 Å². The molecule has 0 aliphatic heterocycles. The van der Waals surface area contributed by atoms with E-state index in [-0.39, 0.29) is 18.3 Å². The maximum absolute atomic E-state index is 11.7. The molecular formula is C12H14N6O3. The average molecular weight is 290 g/mol. The Morgan fingerprint density at radius 2 is 2.10 bits per heavy atom. The molecule has 9 heteroatoms. The van der Waals surface area contributed by atoms with Crippen molar-refractivity contribution in [2.75, 3.05) is 12.4 Å². The molecule has 21 heavy (non-hydrogen) atoms. The zero-order valence-corrected chi connectivity index (χ0v) is 11.3. The summed E-state index contributed by atoms with van der Waals surface area (Å²) in [6.07, 6.45) is 4.10. The zero-order valence-electron chi connectivity index (χ0n) is 11.3. The van der Waals surface area contributed by atoms with Gasteiger partial charge in [-0.2, -0.15) is 0 Å². The van der Waals surface area contributed by atoms with Crippen molar-refractivity contribution in [3.8, 4) is 0 Å². The van der Waals surface area contributed by atoms with E-state index < -0.39 is 6.09 Å². The minimum absolute atomic E-state index is 0.000929. The van der Waals surface area contributed by atoms with Crippen molar-refractivity contribution < 1.29 is 14.3 Å². The van der Waals surface area contributed by atoms with Gasteiger partial charge in [0.25, 0.3) is 0 Å². The molecule has 110 valence electrons. The molecule has 2 heterocycles. The number of methoxy groups -OCH3 is 1. The summed E-state index contributed by atoms with van der Waals surface area (Å²) >= 11 is 0. The number of nitrogens with one attached hydrogen (secondary N) is 2. The monoisotopic (exact) mass is 290 g/mol. The van der Waals surface area contributed by atoms with Gasteiger partial charge in [-0.3, -0.25) is 15.1 Å². The van der Waals surface area contributed by atoms with Gasteiger partial charge < -0.3 is 10.1 Å². The van der Waals surface area contributed by atoms with Gasteiger partial charge in [0.15, 0.2) is 5.82 Å². The molecule has 0 aromatic carbocycles. The third-order valence-corrected chi connectivity index (χ3v) is 2.50. The van der Waals surface area contributed by atoms with E-state index in [2.05, 4.69) is 30.7 Å². The third kappa shape index (κ3) is 4.56. The minimum atomic E-state index is -0.649. The summed E-state index contributed by atoms with van der Waals surface area (Å²) in [5.41, 5.74) is 0.949. The lowest BCUT2D eigenvalue weighted by Crippen LogP contribution is -2.27. The molecule has 0 radical (unpaired) electrons. The molecular weight excluding hydrogens is 276 g/mol. The van der Waals surface area contributed by atoms with E-state index >= 15 is 0 Å². The Kier molecular flexibility index (Phi) is 4.80. The second-order valence-electron chi connectivity index (χ2n) is 4.05. The first-order chi connectivity index (χ1) is 10.2. The molecule has 0 fully saturated rings. The molecule has 9 nitrogen and oxygen atoms in total. The number of anilines is 1. The van der Waals surface area contributed by atoms with E-state index in [1.165, 1.54) is 18.0 Å². The topological polar surface area (TPSA) is 111 Å². The summed E-state index contributed by atoms with van der Waals surface area (Å²) in [5.74, 6) is -0.00915. The Labute approximate surface area is 120 Å². The largest absolute Gasteiger partial charge is 0.453 e. The average Bonchev–Trinajstić information content (AvgIpc) is 2.93. The molecule has 0 spiro atoms. The SMILES string of the molecule is COC(=O)Nc1cn(CC(=O)NCc2ccncc2)nn1. The van der Waals surface area contributed by atoms with Crippen molar-refractivity contribution in [1.29, 1.82) is 0 Å². The van der Waals surface area contributed by atoms with Crippen LogP contribution >= 0.6 is 0 Å². The van der Waals surface area contributed by atoms with Crippen LogP contribution in [0.5, 0.6) is 0 Å². The maximum Gasteiger partial charge on any atom is 0.412 e. The molecule has 2 amide bonds. The highest BCUT2D eigenvalue weighted by atomic mass is 16.5. The summed E-state index contributed by atoms with van der Waals surface area (Å²) < 4.78 is 5.73. The Bertz CT molecular complexity index is 612. The maximum atomic E-state index is 11.7. The van der Waals surface area contributed by atoms with E-state index in [0.717, 1.165) is 5.56 Å². The number of carbonyl (C=O) groups excluding carboxylic acids is 2. The quantitative estimate of drug-likeness (QED) is 0.812. The lowest BCUT2D eigenvalue weighted by molar-refractivity contribution is -0.122. The first kappa shape index (κ1) is 14.4. The van der Waals surface area contributed by atoms with Crippen LogP contribution in [-0.4, -0.2) is 39.1 Å². The van der Waals surface area contributed by atoms with Crippen molar-refractivity contribution in [2.24, 2.45) is 0 Å². The Hall–Kier alpha value is -2.97. The normalized spacial score (nSPS) is 9.95. The summed E-state index contributed by atoms with van der Waals surface area (Å²) in [6.45, 7) is 0.407. The first-order valence-corrected chi connectivity index (χ1v) is 6.08. The predicted octanol–water partition coefficient (Wildman–Crippen LogP) is 0.168. The number of hydrogen-bond donors (Lipinski definition) is 2. The summed E-state index contributed by atoms with van der Waals surface area (Å²) in [4.78, 5) is 26.6. The number of amides is 2. The lowest BCUT2D eigenvalue weighted by Gasteiger charge is -2.04. The molecule has 2 rings (SSSR count). The van der Waals surface area contributed by atoms with Crippen LogP contribution < -0.4 is 10.6 Å². The molecule has 2 aromatic rings. The fourth-order valence-corrected chi connectivity index (χ4v) is 1.49. The fourth-order valence-electron chi connectivity index (χ4n) is 1.49. The molecule has 2 aromatic heterocycles. The molecule has 0 saturated heterocycles. The van der Waals surface area contributed by atoms with Crippen LogP contribution in [0, 0.1) is 0 Å². The van der Waals surface area contributed by atoms with Gasteiger partial charge in [0, 0.05) is 18.9 Å². The smallest absolute Gasteiger partial charge is 0.412 e. The van der Waals surface area contributed by atoms with Crippen LogP contribution in [0.15, 0.2) is 30.7 Å². The third-order valence-electron chi connectivity index (χ3n) is 2.50. The lowest BCUT2D eigenvalue weighted by atomic mass is 10.3. The minimum Gasteiger partial charge on any atom is -0.453 e. The van der Waals surface area contributed by atoms with Crippen LogP contribution in [0.4, 0.5) is 10.6 Å². The van der Waals surface area contributed by atoms with Gasteiger partial charge in [-0.1, -0.05) is 5.21 Å². The number of hydrogen-bond acceptors (Lipinski definition) is 6. The van der Waals surface area contributed by atoms with Crippen molar-refractivity contribution in [3.05, 3.63) is 36.3 Å². The van der Waals surface area contributed by atoms with Crippen molar-refractivity contribution in [2.45, 2.75) is 13.1 Å². The van der Waals surface area contributed by atoms with E-state index in [1.807, 2.05) is 12.1 Å². The molecule has 0 aliphatic rings. The molecule has 0 saturated carbocycles. The molecule has 0 unspecified atom stereocenters. The highest BCUT2D eigenvalue weighted by Crippen LogP contribution is 2.00. The molecule has 2 N–H and O–H groups in total. The summed E-state index contributed by atoms with van der Waals surface area (Å²) in [7, 11) is 1.24. The van der Waals surface area contributed by atoms with Crippen molar-refractivity contribution in [3.63, 3.8) is 0 Å². The van der Waals surface area contributed by atoms with E-state index in [9.17, 15) is 9.59 Å². The second kappa shape index (κ2) is 6.98. The zero-order chi connectivity index (χ0) is 15.1. The van der Waals surface area contributed by atoms with E-state index in [0.29, 0.717) is 6.54 Å². The molecule has 0 atom stereocenters. The van der Waals surface area contributed by atoms with Gasteiger partial charge >= 0.3 is 6.09 Å². The Balaban J connectivity index is 1.81. The van der Waals surface area contributed by atoms with Gasteiger partial charge in [0.1, 0.15) is 6.54 Å². The summed E-state index contributed by atoms with van der Waals surface area (Å²) in [5, 5.41) is 12.5. The molecule has 0 bridgehead atoms. The first-order valence-electron chi connectivity index (χ1n) is 6.08. The number of pyridine rings is 1. The van der Waals surface area contributed by atoms with E-state index in [1.54, 1.807) is 12.4 Å². The number of ether oxygens (including phenoxy) is 1. The number of carbonyl (C=O) groups is 2. The van der Waals surface area contributed by atoms with Gasteiger partial charge in [-0.05, 0) is 17.7 Å². The highest BCUT2D eigenvalue weighted by Gasteiger charge is 2.08. The van der Waals surface area contributed by atoms with Crippen LogP contribution in [-0.2, 0) is 22.6 Å². The van der Waals surface area contributed by atoms with Crippen LogP contribution in [0.25, 0.3) is 0 Å². The predicted molar refractivity (Wildman–Crippen MR) is 72.1 cm³/mol. The number of nitrogens with zero attached hydrogens (tertiary/aromatic N) is 4. The standard InChI is InChI=1S/C12H14N6O3/c1-21-12(20)15-10-7-18(17-16-10)8-11(19)14-6-9-2-4-13-5-3-9/h2-5,7H,6,8H2,1H3,(H,14,19)(H,15,20). The van der Waals surface area contributed by atoms with Crippen LogP contribution in [0.2, 0.25) is 0 Å². The molecule has 0 aliphatic carbocycles. The van der Waals surface area contributed by atoms with Gasteiger partial charge in [-0.15, -0.1) is 5.10 Å². The second-order valence-corrected chi connectivity index (χ2v) is 4.05. The number of rotatable bonds is 5. The van der Waals surface area contributed by atoms with Crippen LogP contribution in [0.1, 0.15) is 5.56 Å². The Morgan fingerprint density at radius 1 is 1.33 bits per heavy atom. The fraction of sp³-hybridized carbons (Fsp3) is 0.250. The summed E-state index contributed by atoms with van der Waals surface area (Å²) in [6, 6.07) is 3.63.